The van der Waals surface area contributed by atoms with Crippen molar-refractivity contribution >= 4 is 77.2 Å². The van der Waals surface area contributed by atoms with E-state index < -0.39 is 5.24 Å². The van der Waals surface area contributed by atoms with Crippen molar-refractivity contribution in [2.75, 3.05) is 11.1 Å². The molecule has 288 valence electrons. The minimum absolute atomic E-state index is 0.172. The van der Waals surface area contributed by atoms with Gasteiger partial charge < -0.3 is 19.9 Å². The molecule has 0 saturated carbocycles. The van der Waals surface area contributed by atoms with Crippen LogP contribution in [0.3, 0.4) is 0 Å². The van der Waals surface area contributed by atoms with Crippen molar-refractivity contribution in [3.8, 4) is 43.8 Å². The first-order chi connectivity index (χ1) is 28.9. The number of thiazole rings is 2. The molecule has 0 atom stereocenters. The number of nitrogen functional groups attached to an aromatic ring is 1. The Kier molecular flexibility index (Phi) is 11.7. The van der Waals surface area contributed by atoms with Gasteiger partial charge in [0.2, 0.25) is 0 Å². The van der Waals surface area contributed by atoms with Crippen molar-refractivity contribution in [3.05, 3.63) is 182 Å². The van der Waals surface area contributed by atoms with Crippen molar-refractivity contribution in [2.24, 2.45) is 0 Å². The normalized spacial score (nSPS) is 10.7. The first-order valence-electron chi connectivity index (χ1n) is 18.1. The molecule has 10 rings (SSSR count). The number of nitrogens with zero attached hydrogens (tertiary/aromatic N) is 4. The molecule has 6 aromatic heterocycles. The van der Waals surface area contributed by atoms with Crippen LogP contribution >= 0.6 is 34.3 Å². The molecule has 0 unspecified atom stereocenters. The lowest BCUT2D eigenvalue weighted by molar-refractivity contribution is 0.0996. The van der Waals surface area contributed by atoms with Crippen LogP contribution in [0.4, 0.5) is 11.4 Å². The number of benzene rings is 4. The van der Waals surface area contributed by atoms with E-state index >= 15 is 0 Å². The molecule has 6 heterocycles. The topological polar surface area (TPSA) is 150 Å². The minimum Gasteiger partial charge on any atom is -0.452 e. The number of rotatable bonds is 7. The van der Waals surface area contributed by atoms with E-state index in [-0.39, 0.29) is 17.4 Å². The Hall–Kier alpha value is -7.25. The van der Waals surface area contributed by atoms with Crippen molar-refractivity contribution in [1.82, 2.24) is 19.9 Å². The molecule has 0 radical (unpaired) electrons. The number of hydrogen-bond acceptors (Lipinski definition) is 11. The number of aromatic nitrogens is 4. The molecule has 1 amide bonds. The van der Waals surface area contributed by atoms with Gasteiger partial charge in [0.15, 0.2) is 11.5 Å². The predicted molar refractivity (Wildman–Crippen MR) is 237 cm³/mol. The fourth-order valence-electron chi connectivity index (χ4n) is 5.86. The SMILES string of the molecule is Nc1ccccc1-c1nc2ccncc2s1.O=C(Cl)c1ccc(-c2ccccc2)o1.O=C(Nc1ccccc1-c1nc2ccncc2s1)c1ccc(-c2ccccc2)o1. The fraction of sp³-hybridized carbons (Fsp3) is 0. The van der Waals surface area contributed by atoms with Crippen LogP contribution in [0.1, 0.15) is 21.1 Å². The molecule has 0 aliphatic heterocycles. The molecule has 0 aliphatic carbocycles. The smallest absolute Gasteiger partial charge is 0.291 e. The largest absolute Gasteiger partial charge is 0.452 e. The lowest BCUT2D eigenvalue weighted by Gasteiger charge is -2.08. The summed E-state index contributed by atoms with van der Waals surface area (Å²) in [4.78, 5) is 41.0. The van der Waals surface area contributed by atoms with Gasteiger partial charge in [0.1, 0.15) is 21.5 Å². The van der Waals surface area contributed by atoms with Crippen molar-refractivity contribution in [3.63, 3.8) is 0 Å². The number of para-hydroxylation sites is 2. The zero-order valence-electron chi connectivity index (χ0n) is 30.9. The van der Waals surface area contributed by atoms with E-state index in [1.165, 1.54) is 0 Å². The number of anilines is 2. The Morgan fingerprint density at radius 3 is 1.59 bits per heavy atom. The summed E-state index contributed by atoms with van der Waals surface area (Å²) in [6, 6.07) is 45.2. The number of nitrogens with two attached hydrogens (primary N) is 1. The number of halogens is 1. The van der Waals surface area contributed by atoms with Gasteiger partial charge in [-0.15, -0.1) is 22.7 Å². The molecular weight excluding hydrogens is 800 g/mol. The maximum atomic E-state index is 12.8. The molecule has 0 fully saturated rings. The predicted octanol–water partition coefficient (Wildman–Crippen LogP) is 12.1. The third-order valence-electron chi connectivity index (χ3n) is 8.73. The lowest BCUT2D eigenvalue weighted by Crippen LogP contribution is -2.11. The fourth-order valence-corrected chi connectivity index (χ4v) is 7.92. The maximum absolute atomic E-state index is 12.8. The second-order valence-corrected chi connectivity index (χ2v) is 15.0. The first kappa shape index (κ1) is 38.6. The molecule has 0 bridgehead atoms. The zero-order valence-corrected chi connectivity index (χ0v) is 33.2. The van der Waals surface area contributed by atoms with Crippen LogP contribution in [-0.2, 0) is 0 Å². The summed E-state index contributed by atoms with van der Waals surface area (Å²) in [6.45, 7) is 0. The van der Waals surface area contributed by atoms with Crippen LogP contribution < -0.4 is 11.1 Å². The maximum Gasteiger partial charge on any atom is 0.291 e. The van der Waals surface area contributed by atoms with Gasteiger partial charge in [-0.25, -0.2) is 9.97 Å². The number of nitrogens with one attached hydrogen (secondary N) is 1. The van der Waals surface area contributed by atoms with Crippen LogP contribution in [0.25, 0.3) is 64.2 Å². The second kappa shape index (κ2) is 17.9. The van der Waals surface area contributed by atoms with Crippen molar-refractivity contribution in [2.45, 2.75) is 0 Å². The summed E-state index contributed by atoms with van der Waals surface area (Å²) in [5.74, 6) is 1.43. The van der Waals surface area contributed by atoms with Crippen LogP contribution in [0.15, 0.2) is 179 Å². The van der Waals surface area contributed by atoms with Gasteiger partial charge in [0.05, 0.1) is 26.1 Å². The average Bonchev–Trinajstić information content (AvgIpc) is 4.12. The number of hydrogen-bond donors (Lipinski definition) is 2. The highest BCUT2D eigenvalue weighted by Gasteiger charge is 2.17. The van der Waals surface area contributed by atoms with Crippen LogP contribution in [0.2, 0.25) is 0 Å². The third-order valence-corrected chi connectivity index (χ3v) is 11.0. The number of pyridine rings is 2. The summed E-state index contributed by atoms with van der Waals surface area (Å²) >= 11 is 8.42. The minimum atomic E-state index is -0.577. The van der Waals surface area contributed by atoms with E-state index in [1.807, 2.05) is 128 Å². The lowest BCUT2D eigenvalue weighted by atomic mass is 10.2. The average molecular weight is 831 g/mol. The molecule has 0 spiro atoms. The van der Waals surface area contributed by atoms with E-state index in [1.54, 1.807) is 65.5 Å². The van der Waals surface area contributed by atoms with Crippen molar-refractivity contribution < 1.29 is 18.4 Å². The van der Waals surface area contributed by atoms with E-state index in [0.717, 1.165) is 58.4 Å². The van der Waals surface area contributed by atoms with Gasteiger partial charge in [-0.2, -0.15) is 0 Å². The summed E-state index contributed by atoms with van der Waals surface area (Å²) in [7, 11) is 0. The van der Waals surface area contributed by atoms with Crippen molar-refractivity contribution in [1.29, 1.82) is 0 Å². The first-order valence-corrected chi connectivity index (χ1v) is 20.1. The highest BCUT2D eigenvalue weighted by atomic mass is 35.5. The number of amides is 1. The quantitative estimate of drug-likeness (QED) is 0.118. The summed E-state index contributed by atoms with van der Waals surface area (Å²) in [5, 5.41) is 4.15. The van der Waals surface area contributed by atoms with E-state index in [9.17, 15) is 9.59 Å². The number of carbonyl (C=O) groups is 2. The molecule has 4 aromatic carbocycles. The highest BCUT2D eigenvalue weighted by molar-refractivity contribution is 7.22. The summed E-state index contributed by atoms with van der Waals surface area (Å²) in [6.07, 6.45) is 7.10. The Balaban J connectivity index is 0.000000136. The van der Waals surface area contributed by atoms with Crippen LogP contribution in [0.5, 0.6) is 0 Å². The van der Waals surface area contributed by atoms with E-state index in [0.29, 0.717) is 17.2 Å². The number of carbonyl (C=O) groups excluding carboxylic acids is 2. The molecule has 10 nitrogen and oxygen atoms in total. The summed E-state index contributed by atoms with van der Waals surface area (Å²) < 4.78 is 13.1. The Morgan fingerprint density at radius 2 is 1.05 bits per heavy atom. The second-order valence-electron chi connectivity index (χ2n) is 12.6. The molecular formula is C46H31ClN6O4S2. The molecule has 10 aromatic rings. The Bertz CT molecular complexity index is 2950. The number of fused-ring (bicyclic) bond motifs is 2. The molecule has 59 heavy (non-hydrogen) atoms. The number of furan rings is 2. The summed E-state index contributed by atoms with van der Waals surface area (Å²) in [5.41, 5.74) is 12.9. The van der Waals surface area contributed by atoms with Gasteiger partial charge in [-0.3, -0.25) is 19.6 Å². The van der Waals surface area contributed by atoms with Gasteiger partial charge in [0, 0.05) is 52.7 Å². The monoisotopic (exact) mass is 830 g/mol. The Labute approximate surface area is 350 Å². The van der Waals surface area contributed by atoms with E-state index in [2.05, 4.69) is 25.3 Å². The highest BCUT2D eigenvalue weighted by Crippen LogP contribution is 2.35. The van der Waals surface area contributed by atoms with Gasteiger partial charge in [-0.05, 0) is 72.3 Å². The molecule has 13 heteroatoms. The van der Waals surface area contributed by atoms with Crippen LogP contribution in [-0.4, -0.2) is 31.1 Å². The third kappa shape index (κ3) is 9.16. The Morgan fingerprint density at radius 1 is 0.559 bits per heavy atom. The molecule has 0 saturated heterocycles. The van der Waals surface area contributed by atoms with Gasteiger partial charge in [0.25, 0.3) is 11.1 Å². The molecule has 0 aliphatic rings. The van der Waals surface area contributed by atoms with Gasteiger partial charge >= 0.3 is 0 Å². The van der Waals surface area contributed by atoms with E-state index in [4.69, 9.17) is 26.2 Å². The standard InChI is InChI=1S/C23H15N3O2S.C12H9N3S.C11H7ClO2/c27-22(20-11-10-19(28-20)15-6-2-1-3-7-15)25-17-9-5-4-8-16(17)23-26-18-12-13-24-14-21(18)29-23;13-9-4-2-1-3-8(9)12-15-10-5-6-14-7-11(10)16-12;12-11(13)10-7-6-9(14-10)8-4-2-1-3-5-8/h1-14H,(H,25,27);1-7H,13H2;1-7H. The molecule has 3 N–H and O–H groups in total. The van der Waals surface area contributed by atoms with Crippen LogP contribution in [0, 0.1) is 0 Å². The zero-order chi connectivity index (χ0) is 40.6. The van der Waals surface area contributed by atoms with Gasteiger partial charge in [-0.1, -0.05) is 84.9 Å².